The number of rotatable bonds is 2. The average Bonchev–Trinajstić information content (AvgIpc) is 3.63. The number of benzene rings is 4. The van der Waals surface area contributed by atoms with Gasteiger partial charge in [-0.25, -0.2) is 4.90 Å². The molecule has 2 fully saturated rings. The van der Waals surface area contributed by atoms with Crippen LogP contribution in [0.3, 0.4) is 0 Å². The SMILES string of the molecule is O=C1[C@@H]2[C@H](C(=O)N1c1ccc3ccccc3c1)[C@@H](C(=O)n1nnc3ccccc31)N1c3ccccc3C=C[C@H]21. The zero-order valence-electron chi connectivity index (χ0n) is 20.6. The van der Waals surface area contributed by atoms with Gasteiger partial charge in [0.15, 0.2) is 0 Å². The lowest BCUT2D eigenvalue weighted by Crippen LogP contribution is -2.50. The van der Waals surface area contributed by atoms with E-state index in [0.29, 0.717) is 16.7 Å². The quantitative estimate of drug-likeness (QED) is 0.328. The average molecular weight is 512 g/mol. The second-order valence-electron chi connectivity index (χ2n) is 10.2. The number of nitrogens with zero attached hydrogens (tertiary/aromatic N) is 5. The van der Waals surface area contributed by atoms with Crippen LogP contribution in [0.4, 0.5) is 11.4 Å². The van der Waals surface area contributed by atoms with Crippen molar-refractivity contribution in [1.82, 2.24) is 15.0 Å². The number of hydrogen-bond donors (Lipinski definition) is 0. The zero-order chi connectivity index (χ0) is 26.2. The lowest BCUT2D eigenvalue weighted by molar-refractivity contribution is -0.122. The molecule has 4 atom stereocenters. The molecule has 2 saturated heterocycles. The number of imide groups is 1. The highest BCUT2D eigenvalue weighted by molar-refractivity contribution is 6.25. The highest BCUT2D eigenvalue weighted by Gasteiger charge is 2.64. The Morgan fingerprint density at radius 3 is 2.41 bits per heavy atom. The number of carbonyl (C=O) groups excluding carboxylic acids is 3. The van der Waals surface area contributed by atoms with Gasteiger partial charge in [0.25, 0.3) is 5.91 Å². The molecular formula is C31H21N5O3. The molecule has 1 aromatic heterocycles. The maximum Gasteiger partial charge on any atom is 0.272 e. The molecule has 4 aromatic carbocycles. The van der Waals surface area contributed by atoms with Crippen LogP contribution in [0.1, 0.15) is 10.4 Å². The van der Waals surface area contributed by atoms with Crippen molar-refractivity contribution in [3.05, 3.63) is 103 Å². The molecule has 2 amide bonds. The van der Waals surface area contributed by atoms with E-state index < -0.39 is 23.9 Å². The molecule has 39 heavy (non-hydrogen) atoms. The van der Waals surface area contributed by atoms with Crippen LogP contribution in [0.2, 0.25) is 0 Å². The van der Waals surface area contributed by atoms with Gasteiger partial charge < -0.3 is 4.90 Å². The molecule has 188 valence electrons. The molecular weight excluding hydrogens is 490 g/mol. The third kappa shape index (κ3) is 2.96. The fraction of sp³-hybridized carbons (Fsp3) is 0.129. The van der Waals surface area contributed by atoms with Crippen molar-refractivity contribution in [2.45, 2.75) is 12.1 Å². The van der Waals surface area contributed by atoms with Crippen LogP contribution in [0.15, 0.2) is 97.1 Å². The Morgan fingerprint density at radius 2 is 1.51 bits per heavy atom. The predicted octanol–water partition coefficient (Wildman–Crippen LogP) is 4.31. The van der Waals surface area contributed by atoms with Gasteiger partial charge in [0, 0.05) is 5.69 Å². The smallest absolute Gasteiger partial charge is 0.272 e. The number of amides is 2. The minimum Gasteiger partial charge on any atom is -0.351 e. The van der Waals surface area contributed by atoms with Crippen molar-refractivity contribution < 1.29 is 14.4 Å². The molecule has 0 radical (unpaired) electrons. The van der Waals surface area contributed by atoms with Crippen LogP contribution >= 0.6 is 0 Å². The van der Waals surface area contributed by atoms with Gasteiger partial charge in [-0.3, -0.25) is 14.4 Å². The Bertz CT molecular complexity index is 1890. The van der Waals surface area contributed by atoms with Gasteiger partial charge in [-0.05, 0) is 46.7 Å². The standard InChI is InChI=1S/C31H21N5O3/c37-29-26-25-16-14-19-8-3-5-11-23(19)35(25)28(31(39)36-24-12-6-4-10-22(24)32-33-36)27(26)30(38)34(29)21-15-13-18-7-1-2-9-20(18)17-21/h1-17,25-28H/t25-,26+,27+,28+/m1/s1. The summed E-state index contributed by atoms with van der Waals surface area (Å²) in [4.78, 5) is 45.8. The van der Waals surface area contributed by atoms with E-state index in [9.17, 15) is 14.4 Å². The van der Waals surface area contributed by atoms with Crippen LogP contribution in [0.5, 0.6) is 0 Å². The lowest BCUT2D eigenvalue weighted by atomic mass is 9.88. The molecule has 0 bridgehead atoms. The van der Waals surface area contributed by atoms with Gasteiger partial charge in [-0.15, -0.1) is 5.10 Å². The minimum atomic E-state index is -0.932. The molecule has 0 aliphatic carbocycles. The van der Waals surface area contributed by atoms with E-state index in [0.717, 1.165) is 22.0 Å². The Labute approximate surface area is 222 Å². The Kier molecular flexibility index (Phi) is 4.47. The van der Waals surface area contributed by atoms with Crippen molar-refractivity contribution in [2.75, 3.05) is 9.80 Å². The van der Waals surface area contributed by atoms with Gasteiger partial charge in [-0.2, -0.15) is 4.68 Å². The Hall–Kier alpha value is -5.11. The first kappa shape index (κ1) is 21.9. The van der Waals surface area contributed by atoms with Gasteiger partial charge >= 0.3 is 0 Å². The molecule has 0 unspecified atom stereocenters. The summed E-state index contributed by atoms with van der Waals surface area (Å²) >= 11 is 0. The molecule has 5 aromatic rings. The highest BCUT2D eigenvalue weighted by Crippen LogP contribution is 2.49. The third-order valence-corrected chi connectivity index (χ3v) is 8.22. The monoisotopic (exact) mass is 511 g/mol. The number of anilines is 2. The molecule has 0 spiro atoms. The summed E-state index contributed by atoms with van der Waals surface area (Å²) in [6.45, 7) is 0. The van der Waals surface area contributed by atoms with E-state index in [1.165, 1.54) is 9.58 Å². The summed E-state index contributed by atoms with van der Waals surface area (Å²) in [5, 5.41) is 10.3. The fourth-order valence-electron chi connectivity index (χ4n) is 6.52. The molecule has 0 N–H and O–H groups in total. The summed E-state index contributed by atoms with van der Waals surface area (Å²) < 4.78 is 1.27. The van der Waals surface area contributed by atoms with Crippen LogP contribution in [-0.4, -0.2) is 44.8 Å². The van der Waals surface area contributed by atoms with E-state index in [1.807, 2.05) is 89.8 Å². The number of hydrogen-bond acceptors (Lipinski definition) is 6. The molecule has 8 nitrogen and oxygen atoms in total. The van der Waals surface area contributed by atoms with Crippen LogP contribution in [0, 0.1) is 11.8 Å². The molecule has 4 heterocycles. The normalized spacial score (nSPS) is 23.4. The lowest BCUT2D eigenvalue weighted by Gasteiger charge is -2.36. The van der Waals surface area contributed by atoms with Crippen molar-refractivity contribution in [3.8, 4) is 0 Å². The molecule has 8 heteroatoms. The first-order valence-electron chi connectivity index (χ1n) is 12.9. The zero-order valence-corrected chi connectivity index (χ0v) is 20.6. The number of fused-ring (bicyclic) bond motifs is 7. The van der Waals surface area contributed by atoms with E-state index in [-0.39, 0.29) is 17.7 Å². The maximum absolute atomic E-state index is 14.3. The fourth-order valence-corrected chi connectivity index (χ4v) is 6.52. The van der Waals surface area contributed by atoms with Crippen molar-refractivity contribution >= 4 is 57.0 Å². The largest absolute Gasteiger partial charge is 0.351 e. The van der Waals surface area contributed by atoms with Crippen LogP contribution in [-0.2, 0) is 9.59 Å². The van der Waals surface area contributed by atoms with E-state index in [2.05, 4.69) is 10.3 Å². The second-order valence-corrected chi connectivity index (χ2v) is 10.2. The Morgan fingerprint density at radius 1 is 0.769 bits per heavy atom. The van der Waals surface area contributed by atoms with Crippen molar-refractivity contribution in [1.29, 1.82) is 0 Å². The van der Waals surface area contributed by atoms with Gasteiger partial charge in [0.2, 0.25) is 11.8 Å². The highest BCUT2D eigenvalue weighted by atomic mass is 16.2. The number of carbonyl (C=O) groups is 3. The maximum atomic E-state index is 14.3. The minimum absolute atomic E-state index is 0.293. The summed E-state index contributed by atoms with van der Waals surface area (Å²) in [5.41, 5.74) is 3.41. The second kappa shape index (κ2) is 7.94. The van der Waals surface area contributed by atoms with Crippen LogP contribution < -0.4 is 9.80 Å². The summed E-state index contributed by atoms with van der Waals surface area (Å²) in [5.74, 6) is -2.63. The van der Waals surface area contributed by atoms with Crippen LogP contribution in [0.25, 0.3) is 27.9 Å². The van der Waals surface area contributed by atoms with Gasteiger partial charge in [0.1, 0.15) is 11.6 Å². The molecule has 3 aliphatic heterocycles. The number of para-hydroxylation sites is 2. The first-order valence-corrected chi connectivity index (χ1v) is 12.9. The van der Waals surface area contributed by atoms with E-state index in [1.54, 1.807) is 18.2 Å². The molecule has 0 saturated carbocycles. The predicted molar refractivity (Wildman–Crippen MR) is 147 cm³/mol. The topological polar surface area (TPSA) is 88.4 Å². The van der Waals surface area contributed by atoms with E-state index >= 15 is 0 Å². The third-order valence-electron chi connectivity index (χ3n) is 8.22. The van der Waals surface area contributed by atoms with Gasteiger partial charge in [-0.1, -0.05) is 78.0 Å². The summed E-state index contributed by atoms with van der Waals surface area (Å²) in [6.07, 6.45) is 3.92. The molecule has 3 aliphatic rings. The van der Waals surface area contributed by atoms with E-state index in [4.69, 9.17) is 0 Å². The first-order chi connectivity index (χ1) is 19.1. The summed E-state index contributed by atoms with van der Waals surface area (Å²) in [7, 11) is 0. The summed E-state index contributed by atoms with van der Waals surface area (Å²) in [6, 6.07) is 27.0. The Balaban J connectivity index is 1.29. The number of aromatic nitrogens is 3. The van der Waals surface area contributed by atoms with Gasteiger partial charge in [0.05, 0.1) is 29.1 Å². The molecule has 8 rings (SSSR count). The van der Waals surface area contributed by atoms with Crippen molar-refractivity contribution in [2.24, 2.45) is 11.8 Å². The van der Waals surface area contributed by atoms with Crippen molar-refractivity contribution in [3.63, 3.8) is 0 Å².